The lowest BCUT2D eigenvalue weighted by Gasteiger charge is -1.96. The Labute approximate surface area is 118 Å². The maximum absolute atomic E-state index is 5.31. The predicted octanol–water partition coefficient (Wildman–Crippen LogP) is 3.45. The molecule has 7 heteroatoms. The maximum atomic E-state index is 5.31. The summed E-state index contributed by atoms with van der Waals surface area (Å²) in [5.74, 6) is 1.17. The highest BCUT2D eigenvalue weighted by Crippen LogP contribution is 2.18. The van der Waals surface area contributed by atoms with Crippen LogP contribution in [-0.4, -0.2) is 21.1 Å². The summed E-state index contributed by atoms with van der Waals surface area (Å²) in [5.41, 5.74) is 1.18. The van der Waals surface area contributed by atoms with Gasteiger partial charge < -0.3 is 4.42 Å². The molecule has 19 heavy (non-hydrogen) atoms. The van der Waals surface area contributed by atoms with E-state index in [1.165, 1.54) is 5.56 Å². The van der Waals surface area contributed by atoms with Crippen LogP contribution in [0.2, 0.25) is 0 Å². The van der Waals surface area contributed by atoms with Crippen molar-refractivity contribution in [1.82, 2.24) is 14.9 Å². The molecular weight excluding hydrogens is 280 g/mol. The minimum absolute atomic E-state index is 0.428. The van der Waals surface area contributed by atoms with Gasteiger partial charge in [0.2, 0.25) is 10.6 Å². The van der Waals surface area contributed by atoms with Gasteiger partial charge in [0, 0.05) is 0 Å². The second-order valence-electron chi connectivity index (χ2n) is 3.85. The molecule has 0 saturated heterocycles. The Bertz CT molecular complexity index is 764. The lowest BCUT2D eigenvalue weighted by molar-refractivity contribution is 0.573. The van der Waals surface area contributed by atoms with E-state index < -0.39 is 0 Å². The third kappa shape index (κ3) is 2.29. The van der Waals surface area contributed by atoms with Gasteiger partial charge in [-0.25, -0.2) is 5.10 Å². The average Bonchev–Trinajstić information content (AvgIpc) is 3.09. The van der Waals surface area contributed by atoms with E-state index in [1.807, 2.05) is 24.4 Å². The van der Waals surface area contributed by atoms with Crippen LogP contribution in [-0.2, 0) is 0 Å². The van der Waals surface area contributed by atoms with Crippen LogP contribution >= 0.6 is 23.6 Å². The first-order chi connectivity index (χ1) is 9.25. The van der Waals surface area contributed by atoms with Gasteiger partial charge in [0.25, 0.3) is 0 Å². The molecule has 3 rings (SSSR count). The third-order valence-electron chi connectivity index (χ3n) is 2.58. The number of nitrogens with one attached hydrogen (secondary N) is 1. The molecule has 0 aromatic carbocycles. The topological polar surface area (TPSA) is 59.1 Å². The first-order valence-corrected chi connectivity index (χ1v) is 6.84. The van der Waals surface area contributed by atoms with Crippen molar-refractivity contribution in [2.45, 2.75) is 6.92 Å². The molecule has 5 nitrogen and oxygen atoms in total. The molecule has 0 spiro atoms. The molecule has 96 valence electrons. The van der Waals surface area contributed by atoms with Gasteiger partial charge in [-0.2, -0.15) is 9.78 Å². The van der Waals surface area contributed by atoms with E-state index in [4.69, 9.17) is 16.6 Å². The molecule has 1 N–H and O–H groups in total. The minimum Gasteiger partial charge on any atom is -0.461 e. The Kier molecular flexibility index (Phi) is 3.14. The number of aryl methyl sites for hydroxylation is 1. The lowest BCUT2D eigenvalue weighted by Crippen LogP contribution is -1.93. The predicted molar refractivity (Wildman–Crippen MR) is 77.2 cm³/mol. The van der Waals surface area contributed by atoms with Gasteiger partial charge in [-0.05, 0) is 48.3 Å². The van der Waals surface area contributed by atoms with Crippen molar-refractivity contribution in [3.8, 4) is 11.6 Å². The molecule has 0 bridgehead atoms. The first-order valence-electron chi connectivity index (χ1n) is 5.55. The molecule has 0 amide bonds. The van der Waals surface area contributed by atoms with E-state index in [0.717, 1.165) is 4.88 Å². The molecule has 0 atom stereocenters. The second-order valence-corrected chi connectivity index (χ2v) is 5.19. The monoisotopic (exact) mass is 290 g/mol. The molecular formula is C12H10N4OS2. The molecule has 0 aliphatic carbocycles. The van der Waals surface area contributed by atoms with Crippen molar-refractivity contribution in [2.75, 3.05) is 0 Å². The highest BCUT2D eigenvalue weighted by Gasteiger charge is 2.10. The number of hydrogen-bond donors (Lipinski definition) is 1. The van der Waals surface area contributed by atoms with Crippen LogP contribution in [0.1, 0.15) is 10.4 Å². The van der Waals surface area contributed by atoms with Crippen LogP contribution < -0.4 is 0 Å². The Morgan fingerprint density at radius 1 is 1.53 bits per heavy atom. The zero-order valence-electron chi connectivity index (χ0n) is 10.0. The van der Waals surface area contributed by atoms with Crippen LogP contribution in [0, 0.1) is 11.7 Å². The van der Waals surface area contributed by atoms with E-state index in [2.05, 4.69) is 15.3 Å². The number of nitrogens with zero attached hydrogens (tertiary/aromatic N) is 3. The van der Waals surface area contributed by atoms with Crippen molar-refractivity contribution in [1.29, 1.82) is 0 Å². The average molecular weight is 290 g/mol. The summed E-state index contributed by atoms with van der Waals surface area (Å²) >= 11 is 6.80. The fraction of sp³-hybridized carbons (Fsp3) is 0.0833. The normalized spacial score (nSPS) is 11.4. The second kappa shape index (κ2) is 4.94. The molecule has 0 aliphatic rings. The molecule has 0 radical (unpaired) electrons. The smallest absolute Gasteiger partial charge is 0.219 e. The van der Waals surface area contributed by atoms with Crippen molar-refractivity contribution >= 4 is 29.8 Å². The van der Waals surface area contributed by atoms with E-state index >= 15 is 0 Å². The fourth-order valence-electron chi connectivity index (χ4n) is 1.59. The summed E-state index contributed by atoms with van der Waals surface area (Å²) in [5, 5.41) is 13.2. The van der Waals surface area contributed by atoms with Gasteiger partial charge in [-0.3, -0.25) is 0 Å². The van der Waals surface area contributed by atoms with E-state index in [1.54, 1.807) is 34.6 Å². The third-order valence-corrected chi connectivity index (χ3v) is 3.80. The minimum atomic E-state index is 0.428. The van der Waals surface area contributed by atoms with Gasteiger partial charge in [0.15, 0.2) is 5.76 Å². The number of hydrogen-bond acceptors (Lipinski definition) is 5. The standard InChI is InChI=1S/C12H10N4OS2/c1-8-4-6-19-10(8)7-13-16-11(14-15-12(16)18)9-3-2-5-17-9/h2-7H,1H3,(H,15,18). The van der Waals surface area contributed by atoms with Gasteiger partial charge in [-0.15, -0.1) is 16.4 Å². The van der Waals surface area contributed by atoms with Crippen molar-refractivity contribution in [3.05, 3.63) is 45.1 Å². The molecule has 0 aliphatic heterocycles. The number of aromatic amines is 1. The van der Waals surface area contributed by atoms with Crippen LogP contribution in [0.15, 0.2) is 39.4 Å². The molecule has 3 aromatic heterocycles. The largest absolute Gasteiger partial charge is 0.461 e. The van der Waals surface area contributed by atoms with Crippen molar-refractivity contribution < 1.29 is 4.42 Å². The van der Waals surface area contributed by atoms with E-state index in [0.29, 0.717) is 16.4 Å². The molecule has 3 aromatic rings. The van der Waals surface area contributed by atoms with Gasteiger partial charge in [0.05, 0.1) is 17.4 Å². The lowest BCUT2D eigenvalue weighted by atomic mass is 10.3. The van der Waals surface area contributed by atoms with Crippen LogP contribution in [0.3, 0.4) is 0 Å². The SMILES string of the molecule is Cc1ccsc1C=Nn1c(-c2ccco2)n[nH]c1=S. The first kappa shape index (κ1) is 12.1. The van der Waals surface area contributed by atoms with Crippen LogP contribution in [0.4, 0.5) is 0 Å². The van der Waals surface area contributed by atoms with Crippen molar-refractivity contribution in [3.63, 3.8) is 0 Å². The summed E-state index contributed by atoms with van der Waals surface area (Å²) < 4.78 is 7.29. The summed E-state index contributed by atoms with van der Waals surface area (Å²) in [7, 11) is 0. The summed E-state index contributed by atoms with van der Waals surface area (Å²) in [4.78, 5) is 1.09. The maximum Gasteiger partial charge on any atom is 0.219 e. The molecule has 0 saturated carbocycles. The molecule has 0 fully saturated rings. The molecule has 3 heterocycles. The zero-order chi connectivity index (χ0) is 13.2. The van der Waals surface area contributed by atoms with Crippen LogP contribution in [0.25, 0.3) is 11.6 Å². The Balaban J connectivity index is 2.02. The number of H-pyrrole nitrogens is 1. The number of aromatic nitrogens is 3. The van der Waals surface area contributed by atoms with E-state index in [-0.39, 0.29) is 0 Å². The quantitative estimate of drug-likeness (QED) is 0.593. The summed E-state index contributed by atoms with van der Waals surface area (Å²) in [6.07, 6.45) is 3.36. The fourth-order valence-corrected chi connectivity index (χ4v) is 2.55. The number of furan rings is 1. The van der Waals surface area contributed by atoms with Gasteiger partial charge >= 0.3 is 0 Å². The Morgan fingerprint density at radius 3 is 3.11 bits per heavy atom. The van der Waals surface area contributed by atoms with Crippen molar-refractivity contribution in [2.24, 2.45) is 5.10 Å². The highest BCUT2D eigenvalue weighted by atomic mass is 32.1. The van der Waals surface area contributed by atoms with Gasteiger partial charge in [-0.1, -0.05) is 0 Å². The van der Waals surface area contributed by atoms with E-state index in [9.17, 15) is 0 Å². The Hall–Kier alpha value is -1.99. The summed E-state index contributed by atoms with van der Waals surface area (Å²) in [6.45, 7) is 2.04. The number of thiophene rings is 1. The number of rotatable bonds is 3. The van der Waals surface area contributed by atoms with Gasteiger partial charge in [0.1, 0.15) is 0 Å². The highest BCUT2D eigenvalue weighted by molar-refractivity contribution is 7.71. The summed E-state index contributed by atoms with van der Waals surface area (Å²) in [6, 6.07) is 5.66. The van der Waals surface area contributed by atoms with Crippen LogP contribution in [0.5, 0.6) is 0 Å². The molecule has 0 unspecified atom stereocenters. The Morgan fingerprint density at radius 2 is 2.42 bits per heavy atom. The zero-order valence-corrected chi connectivity index (χ0v) is 11.7.